The standard InChI is InChI=1S/C19H14ClF2NO2S/c1-11-6-14(3-4-15(11)20)25-9-12-7-18(26-10-12)19(24)23-13-2-5-16(21)17(22)8-13/h2-8,10H,9H2,1H3,(H,23,24). The van der Waals surface area contributed by atoms with Crippen LogP contribution in [0, 0.1) is 18.6 Å². The molecule has 2 aromatic carbocycles. The highest BCUT2D eigenvalue weighted by atomic mass is 35.5. The lowest BCUT2D eigenvalue weighted by molar-refractivity contribution is 0.103. The second-order valence-electron chi connectivity index (χ2n) is 5.60. The van der Waals surface area contributed by atoms with Gasteiger partial charge in [0.2, 0.25) is 0 Å². The molecule has 0 aliphatic heterocycles. The molecular weight excluding hydrogens is 380 g/mol. The quantitative estimate of drug-likeness (QED) is 0.593. The fraction of sp³-hybridized carbons (Fsp3) is 0.105. The van der Waals surface area contributed by atoms with Gasteiger partial charge in [0.05, 0.1) is 4.88 Å². The average molecular weight is 394 g/mol. The van der Waals surface area contributed by atoms with Crippen LogP contribution < -0.4 is 10.1 Å². The van der Waals surface area contributed by atoms with Gasteiger partial charge in [-0.1, -0.05) is 11.6 Å². The van der Waals surface area contributed by atoms with Gasteiger partial charge in [-0.05, 0) is 54.3 Å². The van der Waals surface area contributed by atoms with Gasteiger partial charge in [0.1, 0.15) is 12.4 Å². The Kier molecular flexibility index (Phi) is 5.54. The Labute approximate surface area is 158 Å². The van der Waals surface area contributed by atoms with Crippen molar-refractivity contribution in [1.82, 2.24) is 0 Å². The minimum absolute atomic E-state index is 0.191. The highest BCUT2D eigenvalue weighted by molar-refractivity contribution is 7.12. The summed E-state index contributed by atoms with van der Waals surface area (Å²) in [5.41, 5.74) is 1.94. The second kappa shape index (κ2) is 7.85. The first kappa shape index (κ1) is 18.4. The topological polar surface area (TPSA) is 38.3 Å². The van der Waals surface area contributed by atoms with Crippen LogP contribution in [0.2, 0.25) is 5.02 Å². The lowest BCUT2D eigenvalue weighted by Gasteiger charge is -2.06. The molecular formula is C19H14ClF2NO2S. The number of ether oxygens (including phenoxy) is 1. The number of hydrogen-bond donors (Lipinski definition) is 1. The van der Waals surface area contributed by atoms with Crippen LogP contribution in [-0.4, -0.2) is 5.91 Å². The molecule has 1 heterocycles. The van der Waals surface area contributed by atoms with Crippen LogP contribution in [0.4, 0.5) is 14.5 Å². The van der Waals surface area contributed by atoms with Gasteiger partial charge in [-0.2, -0.15) is 0 Å². The summed E-state index contributed by atoms with van der Waals surface area (Å²) in [6, 6.07) is 10.3. The number of rotatable bonds is 5. The molecule has 0 saturated heterocycles. The molecule has 0 aliphatic rings. The van der Waals surface area contributed by atoms with E-state index < -0.39 is 17.5 Å². The van der Waals surface area contributed by atoms with E-state index in [1.165, 1.54) is 17.4 Å². The predicted molar refractivity (Wildman–Crippen MR) is 99.2 cm³/mol. The van der Waals surface area contributed by atoms with Crippen LogP contribution in [0.15, 0.2) is 47.8 Å². The molecule has 3 rings (SSSR count). The Hall–Kier alpha value is -2.44. The Morgan fingerprint density at radius 3 is 2.69 bits per heavy atom. The molecule has 1 aromatic heterocycles. The zero-order valence-electron chi connectivity index (χ0n) is 13.7. The molecule has 3 aromatic rings. The van der Waals surface area contributed by atoms with Crippen molar-refractivity contribution in [3.8, 4) is 5.75 Å². The third-order valence-electron chi connectivity index (χ3n) is 3.59. The fourth-order valence-electron chi connectivity index (χ4n) is 2.21. The summed E-state index contributed by atoms with van der Waals surface area (Å²) in [5.74, 6) is -1.68. The number of halogens is 3. The van der Waals surface area contributed by atoms with Crippen molar-refractivity contribution in [2.24, 2.45) is 0 Å². The van der Waals surface area contributed by atoms with E-state index in [1.54, 1.807) is 18.2 Å². The van der Waals surface area contributed by atoms with E-state index in [-0.39, 0.29) is 5.69 Å². The van der Waals surface area contributed by atoms with E-state index in [4.69, 9.17) is 16.3 Å². The van der Waals surface area contributed by atoms with Gasteiger partial charge >= 0.3 is 0 Å². The normalized spacial score (nSPS) is 10.6. The number of anilines is 1. The molecule has 0 atom stereocenters. The maximum Gasteiger partial charge on any atom is 0.265 e. The Balaban J connectivity index is 1.62. The van der Waals surface area contributed by atoms with Gasteiger partial charge in [-0.25, -0.2) is 8.78 Å². The van der Waals surface area contributed by atoms with E-state index in [1.807, 2.05) is 18.4 Å². The molecule has 3 nitrogen and oxygen atoms in total. The molecule has 7 heteroatoms. The molecule has 1 N–H and O–H groups in total. The lowest BCUT2D eigenvalue weighted by atomic mass is 10.2. The molecule has 0 saturated carbocycles. The van der Waals surface area contributed by atoms with Crippen molar-refractivity contribution in [3.05, 3.63) is 80.5 Å². The summed E-state index contributed by atoms with van der Waals surface area (Å²) in [4.78, 5) is 12.7. The SMILES string of the molecule is Cc1cc(OCc2csc(C(=O)Nc3ccc(F)c(F)c3)c2)ccc1Cl. The summed E-state index contributed by atoms with van der Waals surface area (Å²) in [6.07, 6.45) is 0. The smallest absolute Gasteiger partial charge is 0.265 e. The number of carbonyl (C=O) groups is 1. The van der Waals surface area contributed by atoms with Gasteiger partial charge < -0.3 is 10.1 Å². The fourth-order valence-corrected chi connectivity index (χ4v) is 3.12. The van der Waals surface area contributed by atoms with Crippen LogP contribution in [0.1, 0.15) is 20.8 Å². The maximum absolute atomic E-state index is 13.2. The highest BCUT2D eigenvalue weighted by Crippen LogP contribution is 2.23. The summed E-state index contributed by atoms with van der Waals surface area (Å²) >= 11 is 7.22. The zero-order valence-corrected chi connectivity index (χ0v) is 15.3. The maximum atomic E-state index is 13.2. The Morgan fingerprint density at radius 1 is 1.15 bits per heavy atom. The highest BCUT2D eigenvalue weighted by Gasteiger charge is 2.11. The van der Waals surface area contributed by atoms with Crippen molar-refractivity contribution in [2.75, 3.05) is 5.32 Å². The second-order valence-corrected chi connectivity index (χ2v) is 6.92. The molecule has 0 radical (unpaired) electrons. The minimum Gasteiger partial charge on any atom is -0.489 e. The Morgan fingerprint density at radius 2 is 1.96 bits per heavy atom. The molecule has 1 amide bonds. The van der Waals surface area contributed by atoms with Crippen LogP contribution >= 0.6 is 22.9 Å². The van der Waals surface area contributed by atoms with Crippen molar-refractivity contribution in [1.29, 1.82) is 0 Å². The van der Waals surface area contributed by atoms with Crippen LogP contribution in [0.25, 0.3) is 0 Å². The summed E-state index contributed by atoms with van der Waals surface area (Å²) in [7, 11) is 0. The minimum atomic E-state index is -1.01. The first-order chi connectivity index (χ1) is 12.4. The van der Waals surface area contributed by atoms with Crippen molar-refractivity contribution in [2.45, 2.75) is 13.5 Å². The molecule has 26 heavy (non-hydrogen) atoms. The summed E-state index contributed by atoms with van der Waals surface area (Å²) < 4.78 is 31.8. The molecule has 0 spiro atoms. The van der Waals surface area contributed by atoms with E-state index in [0.29, 0.717) is 22.3 Å². The largest absolute Gasteiger partial charge is 0.489 e. The summed E-state index contributed by atoms with van der Waals surface area (Å²) in [6.45, 7) is 2.19. The average Bonchev–Trinajstić information content (AvgIpc) is 3.08. The number of nitrogens with one attached hydrogen (secondary N) is 1. The third kappa shape index (κ3) is 4.39. The first-order valence-corrected chi connectivity index (χ1v) is 8.91. The van der Waals surface area contributed by atoms with E-state index in [0.717, 1.165) is 23.3 Å². The first-order valence-electron chi connectivity index (χ1n) is 7.65. The number of aryl methyl sites for hydroxylation is 1. The van der Waals surface area contributed by atoms with Gasteiger partial charge in [0, 0.05) is 22.3 Å². The lowest BCUT2D eigenvalue weighted by Crippen LogP contribution is -2.10. The number of amides is 1. The Bertz CT molecular complexity index is 958. The number of benzene rings is 2. The van der Waals surface area contributed by atoms with E-state index in [2.05, 4.69) is 5.32 Å². The monoisotopic (exact) mass is 393 g/mol. The van der Waals surface area contributed by atoms with Gasteiger partial charge in [0.25, 0.3) is 5.91 Å². The van der Waals surface area contributed by atoms with Gasteiger partial charge in [0.15, 0.2) is 11.6 Å². The third-order valence-corrected chi connectivity index (χ3v) is 4.99. The number of hydrogen-bond acceptors (Lipinski definition) is 3. The van der Waals surface area contributed by atoms with Crippen LogP contribution in [-0.2, 0) is 6.61 Å². The zero-order chi connectivity index (χ0) is 18.7. The van der Waals surface area contributed by atoms with Gasteiger partial charge in [-0.15, -0.1) is 11.3 Å². The van der Waals surface area contributed by atoms with Gasteiger partial charge in [-0.3, -0.25) is 4.79 Å². The summed E-state index contributed by atoms with van der Waals surface area (Å²) in [5, 5.41) is 5.02. The molecule has 0 fully saturated rings. The molecule has 0 unspecified atom stereocenters. The molecule has 0 aliphatic carbocycles. The van der Waals surface area contributed by atoms with Crippen LogP contribution in [0.5, 0.6) is 5.75 Å². The molecule has 134 valence electrons. The van der Waals surface area contributed by atoms with E-state index in [9.17, 15) is 13.6 Å². The van der Waals surface area contributed by atoms with Crippen molar-refractivity contribution in [3.63, 3.8) is 0 Å². The predicted octanol–water partition coefficient (Wildman–Crippen LogP) is 5.82. The number of carbonyl (C=O) groups excluding carboxylic acids is 1. The number of thiophene rings is 1. The van der Waals surface area contributed by atoms with Crippen molar-refractivity contribution < 1.29 is 18.3 Å². The van der Waals surface area contributed by atoms with Crippen LogP contribution in [0.3, 0.4) is 0 Å². The van der Waals surface area contributed by atoms with Crippen molar-refractivity contribution >= 4 is 34.5 Å². The van der Waals surface area contributed by atoms with E-state index >= 15 is 0 Å². The molecule has 0 bridgehead atoms.